The first-order chi connectivity index (χ1) is 9.40. The molecule has 1 atom stereocenters. The Labute approximate surface area is 117 Å². The Morgan fingerprint density at radius 3 is 2.55 bits per heavy atom. The lowest BCUT2D eigenvalue weighted by Gasteiger charge is -2.29. The molecule has 2 N–H and O–H groups in total. The molecular weight excluding hydrogens is 269 g/mol. The fraction of sp³-hybridized carbons (Fsp3) is 0.571. The fourth-order valence-electron chi connectivity index (χ4n) is 2.06. The van der Waals surface area contributed by atoms with E-state index in [-0.39, 0.29) is 6.04 Å². The van der Waals surface area contributed by atoms with Crippen molar-refractivity contribution in [2.24, 2.45) is 5.73 Å². The first-order valence-corrected chi connectivity index (χ1v) is 6.50. The summed E-state index contributed by atoms with van der Waals surface area (Å²) >= 11 is 0. The van der Waals surface area contributed by atoms with Crippen molar-refractivity contribution in [2.45, 2.75) is 19.1 Å². The van der Waals surface area contributed by atoms with Gasteiger partial charge in [-0.1, -0.05) is 12.1 Å². The Morgan fingerprint density at radius 2 is 2.00 bits per heavy atom. The highest BCUT2D eigenvalue weighted by Crippen LogP contribution is 2.31. The van der Waals surface area contributed by atoms with E-state index in [0.29, 0.717) is 31.8 Å². The van der Waals surface area contributed by atoms with Gasteiger partial charge in [0, 0.05) is 32.8 Å². The quantitative estimate of drug-likeness (QED) is 0.839. The molecule has 0 aliphatic carbocycles. The standard InChI is InChI=1S/C14H21F3N2O/c1-11(19(7-6-18)8-9-20-2)12-4-3-5-13(10-12)14(15,16)17/h3-5,10-11H,6-9,18H2,1-2H3. The van der Waals surface area contributed by atoms with E-state index < -0.39 is 11.7 Å². The maximum Gasteiger partial charge on any atom is 0.416 e. The second kappa shape index (κ2) is 7.61. The monoisotopic (exact) mass is 290 g/mol. The van der Waals surface area contributed by atoms with E-state index >= 15 is 0 Å². The summed E-state index contributed by atoms with van der Waals surface area (Å²) in [6.07, 6.45) is -4.32. The largest absolute Gasteiger partial charge is 0.416 e. The molecule has 0 radical (unpaired) electrons. The van der Waals surface area contributed by atoms with Crippen LogP contribution in [0.1, 0.15) is 24.1 Å². The summed E-state index contributed by atoms with van der Waals surface area (Å²) < 4.78 is 43.2. The van der Waals surface area contributed by atoms with Crippen molar-refractivity contribution in [2.75, 3.05) is 33.4 Å². The van der Waals surface area contributed by atoms with E-state index in [1.165, 1.54) is 12.1 Å². The van der Waals surface area contributed by atoms with E-state index in [1.54, 1.807) is 13.2 Å². The molecule has 0 heterocycles. The van der Waals surface area contributed by atoms with Crippen LogP contribution in [0.15, 0.2) is 24.3 Å². The number of methoxy groups -OCH3 is 1. The third kappa shape index (κ3) is 4.77. The van der Waals surface area contributed by atoms with Gasteiger partial charge in [-0.3, -0.25) is 4.90 Å². The number of rotatable bonds is 7. The summed E-state index contributed by atoms with van der Waals surface area (Å²) in [4.78, 5) is 2.01. The van der Waals surface area contributed by atoms with Crippen LogP contribution in [0.4, 0.5) is 13.2 Å². The predicted octanol–water partition coefficient (Wildman–Crippen LogP) is 2.67. The van der Waals surface area contributed by atoms with Gasteiger partial charge in [0.05, 0.1) is 12.2 Å². The SMILES string of the molecule is COCCN(CCN)C(C)c1cccc(C(F)(F)F)c1. The summed E-state index contributed by atoms with van der Waals surface area (Å²) in [5.41, 5.74) is 5.56. The average Bonchev–Trinajstić information content (AvgIpc) is 2.42. The van der Waals surface area contributed by atoms with E-state index in [2.05, 4.69) is 0 Å². The number of hydrogen-bond acceptors (Lipinski definition) is 3. The molecule has 0 aliphatic heterocycles. The van der Waals surface area contributed by atoms with Crippen LogP contribution in [0.25, 0.3) is 0 Å². The number of hydrogen-bond donors (Lipinski definition) is 1. The van der Waals surface area contributed by atoms with E-state index in [9.17, 15) is 13.2 Å². The highest BCUT2D eigenvalue weighted by molar-refractivity contribution is 5.27. The Kier molecular flexibility index (Phi) is 6.45. The third-order valence-electron chi connectivity index (χ3n) is 3.24. The number of nitrogens with two attached hydrogens (primary N) is 1. The van der Waals surface area contributed by atoms with E-state index in [0.717, 1.165) is 6.07 Å². The molecule has 6 heteroatoms. The topological polar surface area (TPSA) is 38.5 Å². The predicted molar refractivity (Wildman–Crippen MR) is 72.4 cm³/mol. The number of nitrogens with zero attached hydrogens (tertiary/aromatic N) is 1. The minimum absolute atomic E-state index is 0.143. The van der Waals surface area contributed by atoms with Gasteiger partial charge in [-0.25, -0.2) is 0 Å². The molecule has 1 aromatic rings. The van der Waals surface area contributed by atoms with Crippen molar-refractivity contribution in [3.05, 3.63) is 35.4 Å². The summed E-state index contributed by atoms with van der Waals surface area (Å²) in [5, 5.41) is 0. The van der Waals surface area contributed by atoms with E-state index in [4.69, 9.17) is 10.5 Å². The van der Waals surface area contributed by atoms with Crippen LogP contribution in [0.5, 0.6) is 0 Å². The fourth-order valence-corrected chi connectivity index (χ4v) is 2.06. The molecule has 1 unspecified atom stereocenters. The lowest BCUT2D eigenvalue weighted by atomic mass is 10.0. The molecular formula is C14H21F3N2O. The Morgan fingerprint density at radius 1 is 1.30 bits per heavy atom. The molecule has 0 aliphatic rings. The highest BCUT2D eigenvalue weighted by Gasteiger charge is 2.31. The zero-order chi connectivity index (χ0) is 15.2. The molecule has 0 saturated heterocycles. The average molecular weight is 290 g/mol. The number of halogens is 3. The maximum absolute atomic E-state index is 12.7. The first kappa shape index (κ1) is 16.9. The Balaban J connectivity index is 2.90. The van der Waals surface area contributed by atoms with Gasteiger partial charge < -0.3 is 10.5 Å². The van der Waals surface area contributed by atoms with Crippen LogP contribution >= 0.6 is 0 Å². The highest BCUT2D eigenvalue weighted by atomic mass is 19.4. The molecule has 0 bridgehead atoms. The smallest absolute Gasteiger partial charge is 0.383 e. The number of alkyl halides is 3. The molecule has 1 rings (SSSR count). The van der Waals surface area contributed by atoms with Crippen molar-refractivity contribution in [1.29, 1.82) is 0 Å². The molecule has 0 aromatic heterocycles. The summed E-state index contributed by atoms with van der Waals surface area (Å²) in [7, 11) is 1.59. The molecule has 114 valence electrons. The van der Waals surface area contributed by atoms with Gasteiger partial charge in [0.15, 0.2) is 0 Å². The zero-order valence-electron chi connectivity index (χ0n) is 11.8. The van der Waals surface area contributed by atoms with Gasteiger partial charge in [-0.05, 0) is 24.6 Å². The molecule has 0 spiro atoms. The van der Waals surface area contributed by atoms with Crippen molar-refractivity contribution in [1.82, 2.24) is 4.90 Å². The van der Waals surface area contributed by atoms with Crippen molar-refractivity contribution in [3.8, 4) is 0 Å². The second-order valence-corrected chi connectivity index (χ2v) is 4.62. The van der Waals surface area contributed by atoms with Crippen molar-refractivity contribution in [3.63, 3.8) is 0 Å². The Hall–Kier alpha value is -1.11. The first-order valence-electron chi connectivity index (χ1n) is 6.50. The summed E-state index contributed by atoms with van der Waals surface area (Å²) in [6, 6.07) is 5.28. The molecule has 1 aromatic carbocycles. The normalized spacial score (nSPS) is 13.8. The van der Waals surface area contributed by atoms with Gasteiger partial charge in [0.2, 0.25) is 0 Å². The van der Waals surface area contributed by atoms with Crippen molar-refractivity contribution < 1.29 is 17.9 Å². The van der Waals surface area contributed by atoms with Crippen LogP contribution in [-0.4, -0.2) is 38.3 Å². The van der Waals surface area contributed by atoms with Crippen LogP contribution in [-0.2, 0) is 10.9 Å². The molecule has 3 nitrogen and oxygen atoms in total. The minimum Gasteiger partial charge on any atom is -0.383 e. The molecule has 0 fully saturated rings. The van der Waals surface area contributed by atoms with Gasteiger partial charge in [-0.2, -0.15) is 13.2 Å². The van der Waals surface area contributed by atoms with E-state index in [1.807, 2.05) is 11.8 Å². The third-order valence-corrected chi connectivity index (χ3v) is 3.24. The van der Waals surface area contributed by atoms with Crippen molar-refractivity contribution >= 4 is 0 Å². The minimum atomic E-state index is -4.32. The van der Waals surface area contributed by atoms with Gasteiger partial charge in [-0.15, -0.1) is 0 Å². The van der Waals surface area contributed by atoms with Crippen LogP contribution in [0, 0.1) is 0 Å². The van der Waals surface area contributed by atoms with Crippen LogP contribution < -0.4 is 5.73 Å². The number of benzene rings is 1. The van der Waals surface area contributed by atoms with Gasteiger partial charge in [0.25, 0.3) is 0 Å². The maximum atomic E-state index is 12.7. The molecule has 0 saturated carbocycles. The van der Waals surface area contributed by atoms with Crippen LogP contribution in [0.3, 0.4) is 0 Å². The lowest BCUT2D eigenvalue weighted by molar-refractivity contribution is -0.137. The van der Waals surface area contributed by atoms with Gasteiger partial charge in [0.1, 0.15) is 0 Å². The lowest BCUT2D eigenvalue weighted by Crippen LogP contribution is -2.34. The van der Waals surface area contributed by atoms with Crippen LogP contribution in [0.2, 0.25) is 0 Å². The zero-order valence-corrected chi connectivity index (χ0v) is 11.8. The molecule has 0 amide bonds. The summed E-state index contributed by atoms with van der Waals surface area (Å²) in [5.74, 6) is 0. The Bertz CT molecular complexity index is 410. The summed E-state index contributed by atoms with van der Waals surface area (Å²) in [6.45, 7) is 4.09. The number of ether oxygens (including phenoxy) is 1. The second-order valence-electron chi connectivity index (χ2n) is 4.62. The van der Waals surface area contributed by atoms with Gasteiger partial charge >= 0.3 is 6.18 Å². The molecule has 20 heavy (non-hydrogen) atoms.